The Balaban J connectivity index is 1.53. The Hall–Kier alpha value is -2.62. The molecule has 0 bridgehead atoms. The van der Waals surface area contributed by atoms with Gasteiger partial charge in [0, 0.05) is 25.1 Å². The Morgan fingerprint density at radius 1 is 1.09 bits per heavy atom. The van der Waals surface area contributed by atoms with E-state index in [0.717, 1.165) is 37.2 Å². The van der Waals surface area contributed by atoms with E-state index in [1.807, 2.05) is 31.2 Å². The molecule has 0 aromatic heterocycles. The van der Waals surface area contributed by atoms with Crippen molar-refractivity contribution >= 4 is 15.9 Å². The number of nitrogens with one attached hydrogen (secondary N) is 2. The van der Waals surface area contributed by atoms with Crippen LogP contribution in [-0.2, 0) is 14.8 Å². The third-order valence-corrected chi connectivity index (χ3v) is 7.14. The lowest BCUT2D eigenvalue weighted by Crippen LogP contribution is -2.38. The Bertz CT molecular complexity index is 1010. The van der Waals surface area contributed by atoms with E-state index in [1.165, 1.54) is 12.1 Å². The minimum Gasteiger partial charge on any atom is -0.496 e. The van der Waals surface area contributed by atoms with Gasteiger partial charge in [0.1, 0.15) is 11.5 Å². The maximum atomic E-state index is 12.5. The molecule has 1 fully saturated rings. The van der Waals surface area contributed by atoms with Gasteiger partial charge in [0.2, 0.25) is 15.9 Å². The van der Waals surface area contributed by atoms with Gasteiger partial charge in [0.05, 0.1) is 24.7 Å². The Labute approximate surface area is 196 Å². The highest BCUT2D eigenvalue weighted by Crippen LogP contribution is 2.31. The molecular weight excluding hydrogens is 442 g/mol. The van der Waals surface area contributed by atoms with Crippen LogP contribution >= 0.6 is 0 Å². The minimum absolute atomic E-state index is 0.00754. The zero-order valence-electron chi connectivity index (χ0n) is 19.2. The van der Waals surface area contributed by atoms with Crippen molar-refractivity contribution in [1.82, 2.24) is 14.9 Å². The van der Waals surface area contributed by atoms with Crippen molar-refractivity contribution in [3.05, 3.63) is 54.1 Å². The van der Waals surface area contributed by atoms with E-state index < -0.39 is 10.0 Å². The summed E-state index contributed by atoms with van der Waals surface area (Å²) in [5, 5.41) is 2.97. The van der Waals surface area contributed by atoms with E-state index in [0.29, 0.717) is 18.9 Å². The average molecular weight is 476 g/mol. The molecule has 0 radical (unpaired) electrons. The van der Waals surface area contributed by atoms with E-state index in [2.05, 4.69) is 14.9 Å². The van der Waals surface area contributed by atoms with Gasteiger partial charge in [-0.1, -0.05) is 18.2 Å². The average Bonchev–Trinajstić information content (AvgIpc) is 3.35. The molecule has 3 rings (SSSR count). The number of likely N-dealkylation sites (tertiary alicyclic amines) is 1. The van der Waals surface area contributed by atoms with Crippen LogP contribution in [0, 0.1) is 0 Å². The number of hydrogen-bond donors (Lipinski definition) is 2. The summed E-state index contributed by atoms with van der Waals surface area (Å²) in [5.41, 5.74) is 1.04. The number of carbonyl (C=O) groups excluding carboxylic acids is 1. The monoisotopic (exact) mass is 475 g/mol. The minimum atomic E-state index is -3.69. The molecule has 1 atom stereocenters. The zero-order chi connectivity index (χ0) is 23.7. The number of sulfonamides is 1. The summed E-state index contributed by atoms with van der Waals surface area (Å²) >= 11 is 0. The van der Waals surface area contributed by atoms with Crippen LogP contribution in [0.4, 0.5) is 0 Å². The molecule has 2 N–H and O–H groups in total. The fraction of sp³-hybridized carbons (Fsp3) is 0.458. The molecule has 0 saturated carbocycles. The molecule has 0 unspecified atom stereocenters. The van der Waals surface area contributed by atoms with Crippen LogP contribution in [-0.4, -0.2) is 59.1 Å². The van der Waals surface area contributed by atoms with E-state index in [9.17, 15) is 13.2 Å². The lowest BCUT2D eigenvalue weighted by Gasteiger charge is -2.29. The highest BCUT2D eigenvalue weighted by molar-refractivity contribution is 7.89. The number of ether oxygens (including phenoxy) is 2. The van der Waals surface area contributed by atoms with Gasteiger partial charge in [-0.15, -0.1) is 0 Å². The van der Waals surface area contributed by atoms with Crippen LogP contribution < -0.4 is 19.5 Å². The molecule has 0 aliphatic carbocycles. The number of methoxy groups -OCH3 is 1. The second kappa shape index (κ2) is 12.0. The topological polar surface area (TPSA) is 97.0 Å². The zero-order valence-corrected chi connectivity index (χ0v) is 20.1. The second-order valence-corrected chi connectivity index (χ2v) is 9.62. The van der Waals surface area contributed by atoms with Crippen LogP contribution in [0.15, 0.2) is 53.4 Å². The summed E-state index contributed by atoms with van der Waals surface area (Å²) in [7, 11) is -2.05. The van der Waals surface area contributed by atoms with Crippen molar-refractivity contribution < 1.29 is 22.7 Å². The third kappa shape index (κ3) is 6.93. The van der Waals surface area contributed by atoms with E-state index in [4.69, 9.17) is 9.47 Å². The highest BCUT2D eigenvalue weighted by Gasteiger charge is 2.26. The smallest absolute Gasteiger partial charge is 0.240 e. The summed E-state index contributed by atoms with van der Waals surface area (Å²) in [4.78, 5) is 15.0. The molecule has 180 valence electrons. The third-order valence-electron chi connectivity index (χ3n) is 5.66. The predicted octanol–water partition coefficient (Wildman–Crippen LogP) is 2.72. The fourth-order valence-corrected chi connectivity index (χ4v) is 5.03. The quantitative estimate of drug-likeness (QED) is 0.490. The number of hydrogen-bond acceptors (Lipinski definition) is 6. The van der Waals surface area contributed by atoms with E-state index >= 15 is 0 Å². The first-order valence-electron chi connectivity index (χ1n) is 11.3. The summed E-state index contributed by atoms with van der Waals surface area (Å²) in [6, 6.07) is 14.1. The predicted molar refractivity (Wildman–Crippen MR) is 127 cm³/mol. The number of rotatable bonds is 12. The lowest BCUT2D eigenvalue weighted by atomic mass is 10.0. The van der Waals surface area contributed by atoms with Crippen LogP contribution in [0.5, 0.6) is 11.5 Å². The molecule has 1 aliphatic rings. The van der Waals surface area contributed by atoms with Crippen LogP contribution in [0.25, 0.3) is 0 Å². The Kier molecular flexibility index (Phi) is 9.11. The van der Waals surface area contributed by atoms with Gasteiger partial charge in [0.25, 0.3) is 0 Å². The van der Waals surface area contributed by atoms with Gasteiger partial charge < -0.3 is 14.8 Å². The van der Waals surface area contributed by atoms with Crippen LogP contribution in [0.3, 0.4) is 0 Å². The molecule has 33 heavy (non-hydrogen) atoms. The molecule has 1 aliphatic heterocycles. The Morgan fingerprint density at radius 3 is 2.45 bits per heavy atom. The summed E-state index contributed by atoms with van der Waals surface area (Å²) in [6.45, 7) is 4.77. The van der Waals surface area contributed by atoms with Crippen LogP contribution in [0.1, 0.15) is 37.8 Å². The first kappa shape index (κ1) is 25.0. The molecule has 2 aromatic rings. The maximum absolute atomic E-state index is 12.5. The highest BCUT2D eigenvalue weighted by atomic mass is 32.2. The van der Waals surface area contributed by atoms with Gasteiger partial charge in [0.15, 0.2) is 0 Å². The number of carbonyl (C=O) groups is 1. The molecule has 1 saturated heterocycles. The lowest BCUT2D eigenvalue weighted by molar-refractivity contribution is -0.121. The first-order valence-corrected chi connectivity index (χ1v) is 12.8. The molecule has 0 spiro atoms. The van der Waals surface area contributed by atoms with Crippen molar-refractivity contribution in [3.63, 3.8) is 0 Å². The summed E-state index contributed by atoms with van der Waals surface area (Å²) < 4.78 is 38.3. The fourth-order valence-electron chi connectivity index (χ4n) is 3.99. The number of benzene rings is 2. The molecule has 1 heterocycles. The summed E-state index contributed by atoms with van der Waals surface area (Å²) in [5.74, 6) is 1.20. The van der Waals surface area contributed by atoms with Crippen molar-refractivity contribution in [2.75, 3.05) is 39.9 Å². The molecule has 2 aromatic carbocycles. The van der Waals surface area contributed by atoms with Crippen molar-refractivity contribution in [2.24, 2.45) is 0 Å². The Morgan fingerprint density at radius 2 is 1.79 bits per heavy atom. The van der Waals surface area contributed by atoms with Crippen molar-refractivity contribution in [3.8, 4) is 11.5 Å². The van der Waals surface area contributed by atoms with Gasteiger partial charge in [-0.05, 0) is 63.2 Å². The second-order valence-electron chi connectivity index (χ2n) is 7.86. The van der Waals surface area contributed by atoms with Gasteiger partial charge in [-0.3, -0.25) is 9.69 Å². The molecule has 1 amide bonds. The SMILES string of the molecule is CCOc1ccc(S(=O)(=O)NCCC(=O)NC[C@H](c2ccccc2OC)N2CCCC2)cc1. The van der Waals surface area contributed by atoms with Crippen molar-refractivity contribution in [1.29, 1.82) is 0 Å². The molecule has 9 heteroatoms. The molecule has 8 nitrogen and oxygen atoms in total. The number of para-hydroxylation sites is 1. The van der Waals surface area contributed by atoms with Crippen LogP contribution in [0.2, 0.25) is 0 Å². The van der Waals surface area contributed by atoms with E-state index in [1.54, 1.807) is 19.2 Å². The molecular formula is C24H33N3O5S. The van der Waals surface area contributed by atoms with Gasteiger partial charge in [-0.25, -0.2) is 13.1 Å². The number of nitrogens with zero attached hydrogens (tertiary/aromatic N) is 1. The normalized spacial score (nSPS) is 15.2. The van der Waals surface area contributed by atoms with Gasteiger partial charge >= 0.3 is 0 Å². The largest absolute Gasteiger partial charge is 0.496 e. The van der Waals surface area contributed by atoms with E-state index in [-0.39, 0.29) is 29.8 Å². The maximum Gasteiger partial charge on any atom is 0.240 e. The summed E-state index contributed by atoms with van der Waals surface area (Å²) in [6.07, 6.45) is 2.31. The first-order chi connectivity index (χ1) is 15.9. The van der Waals surface area contributed by atoms with Crippen molar-refractivity contribution in [2.45, 2.75) is 37.1 Å². The van der Waals surface area contributed by atoms with Gasteiger partial charge in [-0.2, -0.15) is 0 Å². The standard InChI is InChI=1S/C24H33N3O5S/c1-3-32-19-10-12-20(13-11-19)33(29,30)26-15-14-24(28)25-18-22(27-16-6-7-17-27)21-8-4-5-9-23(21)31-2/h4-5,8-13,22,26H,3,6-7,14-18H2,1-2H3,(H,25,28)/t22-/m1/s1. The number of amides is 1.